The van der Waals surface area contributed by atoms with Gasteiger partial charge in [0, 0.05) is 19.6 Å². The smallest absolute Gasteiger partial charge is 0.119 e. The summed E-state index contributed by atoms with van der Waals surface area (Å²) >= 11 is 0. The first-order valence-corrected chi connectivity index (χ1v) is 6.74. The Bertz CT molecular complexity index is 361. The molecule has 1 aliphatic rings. The van der Waals surface area contributed by atoms with Gasteiger partial charge in [0.15, 0.2) is 0 Å². The Labute approximate surface area is 109 Å². The predicted octanol–water partition coefficient (Wildman–Crippen LogP) is 3.04. The third kappa shape index (κ3) is 3.47. The lowest BCUT2D eigenvalue weighted by Crippen LogP contribution is -2.29. The van der Waals surface area contributed by atoms with Crippen LogP contribution in [0.5, 0.6) is 5.75 Å². The Morgan fingerprint density at radius 1 is 1.17 bits per heavy atom. The van der Waals surface area contributed by atoms with Crippen molar-refractivity contribution in [2.24, 2.45) is 5.73 Å². The Kier molecular flexibility index (Phi) is 4.61. The lowest BCUT2D eigenvalue weighted by Gasteiger charge is -2.28. The van der Waals surface area contributed by atoms with Crippen LogP contribution in [0.1, 0.15) is 44.2 Å². The van der Waals surface area contributed by atoms with Crippen molar-refractivity contribution in [2.75, 3.05) is 7.11 Å². The fourth-order valence-corrected chi connectivity index (χ4v) is 2.47. The number of methoxy groups -OCH3 is 1. The van der Waals surface area contributed by atoms with Gasteiger partial charge >= 0.3 is 0 Å². The summed E-state index contributed by atoms with van der Waals surface area (Å²) in [5.41, 5.74) is 6.97. The molecule has 1 aliphatic carbocycles. The van der Waals surface area contributed by atoms with Gasteiger partial charge in [-0.15, -0.1) is 0 Å². The Morgan fingerprint density at radius 3 is 2.44 bits per heavy atom. The van der Waals surface area contributed by atoms with Crippen molar-refractivity contribution in [3.8, 4) is 5.75 Å². The van der Waals surface area contributed by atoms with Gasteiger partial charge in [-0.05, 0) is 43.9 Å². The SMILES string of the molecule is COC1CCCC(Oc2ccc(C(C)N)cc2)C1. The molecule has 18 heavy (non-hydrogen) atoms. The maximum atomic E-state index is 6.00. The van der Waals surface area contributed by atoms with Crippen molar-refractivity contribution in [1.82, 2.24) is 0 Å². The summed E-state index contributed by atoms with van der Waals surface area (Å²) in [6.07, 6.45) is 5.08. The maximum Gasteiger partial charge on any atom is 0.119 e. The number of benzene rings is 1. The molecule has 2 N–H and O–H groups in total. The number of ether oxygens (including phenoxy) is 2. The number of rotatable bonds is 4. The summed E-state index contributed by atoms with van der Waals surface area (Å²) in [4.78, 5) is 0. The van der Waals surface area contributed by atoms with Gasteiger partial charge in [-0.25, -0.2) is 0 Å². The molecule has 100 valence electrons. The molecule has 1 aromatic carbocycles. The summed E-state index contributed by atoms with van der Waals surface area (Å²) < 4.78 is 11.4. The van der Waals surface area contributed by atoms with E-state index in [1.165, 1.54) is 6.42 Å². The summed E-state index contributed by atoms with van der Waals surface area (Å²) in [7, 11) is 1.78. The van der Waals surface area contributed by atoms with Crippen LogP contribution in [0.15, 0.2) is 24.3 Å². The molecule has 0 amide bonds. The topological polar surface area (TPSA) is 44.5 Å². The lowest BCUT2D eigenvalue weighted by molar-refractivity contribution is 0.0209. The zero-order valence-electron chi connectivity index (χ0n) is 11.3. The van der Waals surface area contributed by atoms with Crippen LogP contribution in [0.4, 0.5) is 0 Å². The molecule has 0 radical (unpaired) electrons. The van der Waals surface area contributed by atoms with E-state index in [1.54, 1.807) is 7.11 Å². The molecule has 1 saturated carbocycles. The van der Waals surface area contributed by atoms with Crippen LogP contribution in [-0.2, 0) is 4.74 Å². The summed E-state index contributed by atoms with van der Waals surface area (Å²) in [5.74, 6) is 0.932. The van der Waals surface area contributed by atoms with Gasteiger partial charge in [-0.3, -0.25) is 0 Å². The molecule has 2 rings (SSSR count). The van der Waals surface area contributed by atoms with Crippen LogP contribution >= 0.6 is 0 Å². The molecule has 0 heterocycles. The fourth-order valence-electron chi connectivity index (χ4n) is 2.47. The van der Waals surface area contributed by atoms with Crippen molar-refractivity contribution in [3.05, 3.63) is 29.8 Å². The molecule has 0 saturated heterocycles. The third-order valence-electron chi connectivity index (χ3n) is 3.62. The van der Waals surface area contributed by atoms with Crippen molar-refractivity contribution >= 4 is 0 Å². The second kappa shape index (κ2) is 6.21. The van der Waals surface area contributed by atoms with Crippen molar-refractivity contribution in [3.63, 3.8) is 0 Å². The average Bonchev–Trinajstić information content (AvgIpc) is 2.39. The molecule has 1 fully saturated rings. The fraction of sp³-hybridized carbons (Fsp3) is 0.600. The van der Waals surface area contributed by atoms with Gasteiger partial charge in [-0.2, -0.15) is 0 Å². The van der Waals surface area contributed by atoms with Gasteiger partial charge < -0.3 is 15.2 Å². The molecular weight excluding hydrogens is 226 g/mol. The van der Waals surface area contributed by atoms with E-state index in [4.69, 9.17) is 15.2 Å². The van der Waals surface area contributed by atoms with E-state index in [1.807, 2.05) is 31.2 Å². The van der Waals surface area contributed by atoms with Crippen molar-refractivity contribution in [1.29, 1.82) is 0 Å². The van der Waals surface area contributed by atoms with E-state index in [0.29, 0.717) is 6.10 Å². The third-order valence-corrected chi connectivity index (χ3v) is 3.62. The average molecular weight is 249 g/mol. The van der Waals surface area contributed by atoms with Gasteiger partial charge in [0.25, 0.3) is 0 Å². The van der Waals surface area contributed by atoms with Gasteiger partial charge in [-0.1, -0.05) is 12.1 Å². The van der Waals surface area contributed by atoms with Crippen LogP contribution in [0, 0.1) is 0 Å². The normalized spacial score (nSPS) is 25.7. The second-order valence-electron chi connectivity index (χ2n) is 5.12. The highest BCUT2D eigenvalue weighted by atomic mass is 16.5. The van der Waals surface area contributed by atoms with Crippen LogP contribution < -0.4 is 10.5 Å². The van der Waals surface area contributed by atoms with Crippen molar-refractivity contribution in [2.45, 2.75) is 50.9 Å². The summed E-state index contributed by atoms with van der Waals surface area (Å²) in [6, 6.07) is 8.17. The van der Waals surface area contributed by atoms with Crippen LogP contribution in [0.2, 0.25) is 0 Å². The molecule has 3 nitrogen and oxygen atoms in total. The van der Waals surface area contributed by atoms with E-state index in [9.17, 15) is 0 Å². The highest BCUT2D eigenvalue weighted by Gasteiger charge is 2.22. The predicted molar refractivity (Wildman–Crippen MR) is 72.7 cm³/mol. The van der Waals surface area contributed by atoms with Crippen LogP contribution in [0.3, 0.4) is 0 Å². The molecule has 0 aromatic heterocycles. The number of nitrogens with two attached hydrogens (primary N) is 1. The van der Waals surface area contributed by atoms with Gasteiger partial charge in [0.1, 0.15) is 11.9 Å². The lowest BCUT2D eigenvalue weighted by atomic mass is 9.95. The molecule has 1 aromatic rings. The molecule has 0 spiro atoms. The number of hydrogen-bond acceptors (Lipinski definition) is 3. The van der Waals surface area contributed by atoms with Gasteiger partial charge in [0.2, 0.25) is 0 Å². The highest BCUT2D eigenvalue weighted by molar-refractivity contribution is 5.28. The largest absolute Gasteiger partial charge is 0.490 e. The molecule has 3 atom stereocenters. The molecule has 3 heteroatoms. The highest BCUT2D eigenvalue weighted by Crippen LogP contribution is 2.25. The Hall–Kier alpha value is -1.06. The number of hydrogen-bond donors (Lipinski definition) is 1. The first-order chi connectivity index (χ1) is 8.69. The monoisotopic (exact) mass is 249 g/mol. The summed E-state index contributed by atoms with van der Waals surface area (Å²) in [5, 5.41) is 0. The molecular formula is C15H23NO2. The minimum atomic E-state index is 0.0756. The molecule has 0 aliphatic heterocycles. The zero-order valence-corrected chi connectivity index (χ0v) is 11.3. The van der Waals surface area contributed by atoms with Crippen LogP contribution in [0.25, 0.3) is 0 Å². The van der Waals surface area contributed by atoms with Gasteiger partial charge in [0.05, 0.1) is 6.10 Å². The first kappa shape index (κ1) is 13.4. The quantitative estimate of drug-likeness (QED) is 0.892. The first-order valence-electron chi connectivity index (χ1n) is 6.74. The standard InChI is InChI=1S/C15H23NO2/c1-11(16)12-6-8-13(9-7-12)18-15-5-3-4-14(10-15)17-2/h6-9,11,14-15H,3-5,10,16H2,1-2H3. The second-order valence-corrected chi connectivity index (χ2v) is 5.12. The zero-order chi connectivity index (χ0) is 13.0. The maximum absolute atomic E-state index is 6.00. The van der Waals surface area contributed by atoms with E-state index in [-0.39, 0.29) is 12.1 Å². The van der Waals surface area contributed by atoms with E-state index in [0.717, 1.165) is 30.6 Å². The minimum absolute atomic E-state index is 0.0756. The molecule has 0 bridgehead atoms. The van der Waals surface area contributed by atoms with E-state index >= 15 is 0 Å². The Morgan fingerprint density at radius 2 is 1.83 bits per heavy atom. The minimum Gasteiger partial charge on any atom is -0.490 e. The summed E-state index contributed by atoms with van der Waals surface area (Å²) in [6.45, 7) is 1.99. The Balaban J connectivity index is 1.92. The van der Waals surface area contributed by atoms with E-state index < -0.39 is 0 Å². The van der Waals surface area contributed by atoms with Crippen molar-refractivity contribution < 1.29 is 9.47 Å². The van der Waals surface area contributed by atoms with E-state index in [2.05, 4.69) is 0 Å². The molecule has 3 unspecified atom stereocenters. The van der Waals surface area contributed by atoms with Crippen LogP contribution in [-0.4, -0.2) is 19.3 Å².